The van der Waals surface area contributed by atoms with Crippen LogP contribution in [0.1, 0.15) is 62.2 Å². The maximum Gasteiger partial charge on any atom is 0.304 e. The zero-order valence-corrected chi connectivity index (χ0v) is 20.8. The van der Waals surface area contributed by atoms with E-state index in [0.717, 1.165) is 24.2 Å². The van der Waals surface area contributed by atoms with Gasteiger partial charge < -0.3 is 15.2 Å². The van der Waals surface area contributed by atoms with Crippen molar-refractivity contribution in [2.75, 3.05) is 6.61 Å². The van der Waals surface area contributed by atoms with Crippen LogP contribution in [0.15, 0.2) is 48.5 Å². The highest BCUT2D eigenvalue weighted by molar-refractivity contribution is 6.30. The summed E-state index contributed by atoms with van der Waals surface area (Å²) in [6.07, 6.45) is 3.33. The van der Waals surface area contributed by atoms with Gasteiger partial charge in [0.15, 0.2) is 0 Å². The number of amides is 1. The van der Waals surface area contributed by atoms with Gasteiger partial charge in [0, 0.05) is 27.9 Å². The topological polar surface area (TPSA) is 75.6 Å². The van der Waals surface area contributed by atoms with Crippen molar-refractivity contribution >= 4 is 35.1 Å². The lowest BCUT2D eigenvalue weighted by molar-refractivity contribution is -0.142. The van der Waals surface area contributed by atoms with Crippen LogP contribution in [0.25, 0.3) is 0 Å². The van der Waals surface area contributed by atoms with E-state index in [4.69, 9.17) is 27.9 Å². The summed E-state index contributed by atoms with van der Waals surface area (Å²) < 4.78 is 6.36. The van der Waals surface area contributed by atoms with Gasteiger partial charge in [-0.1, -0.05) is 54.4 Å². The average Bonchev–Trinajstić information content (AvgIpc) is 3.62. The van der Waals surface area contributed by atoms with Crippen molar-refractivity contribution in [1.82, 2.24) is 5.32 Å². The number of hydrogen-bond donors (Lipinski definition) is 2. The average molecular weight is 504 g/mol. The molecule has 7 heteroatoms. The maximum absolute atomic E-state index is 12.9. The first-order chi connectivity index (χ1) is 16.3. The lowest BCUT2D eigenvalue weighted by Crippen LogP contribution is -2.52. The molecule has 4 rings (SSSR count). The number of aliphatic carboxylic acids is 1. The Morgan fingerprint density at radius 1 is 1.15 bits per heavy atom. The minimum absolute atomic E-state index is 0.0370. The predicted octanol–water partition coefficient (Wildman–Crippen LogP) is 6.25. The quantitative estimate of drug-likeness (QED) is 0.401. The third-order valence-corrected chi connectivity index (χ3v) is 7.51. The van der Waals surface area contributed by atoms with Crippen LogP contribution in [0.4, 0.5) is 0 Å². The summed E-state index contributed by atoms with van der Waals surface area (Å²) in [7, 11) is 0. The van der Waals surface area contributed by atoms with E-state index in [1.54, 1.807) is 0 Å². The van der Waals surface area contributed by atoms with Crippen molar-refractivity contribution in [2.45, 2.75) is 57.1 Å². The third-order valence-electron chi connectivity index (χ3n) is 7.02. The van der Waals surface area contributed by atoms with Crippen LogP contribution < -0.4 is 5.32 Å². The van der Waals surface area contributed by atoms with Crippen molar-refractivity contribution in [1.29, 1.82) is 0 Å². The molecule has 182 valence electrons. The molecule has 0 radical (unpaired) electrons. The van der Waals surface area contributed by atoms with Gasteiger partial charge in [-0.3, -0.25) is 9.59 Å². The molecule has 2 aromatic rings. The van der Waals surface area contributed by atoms with Gasteiger partial charge >= 0.3 is 5.97 Å². The number of hydrogen-bond acceptors (Lipinski definition) is 3. The molecule has 2 aromatic carbocycles. The van der Waals surface area contributed by atoms with Gasteiger partial charge in [0.05, 0.1) is 19.1 Å². The number of nitrogens with one attached hydrogen (secondary N) is 1. The van der Waals surface area contributed by atoms with Crippen LogP contribution in [-0.2, 0) is 14.3 Å². The second kappa shape index (κ2) is 11.1. The zero-order valence-electron chi connectivity index (χ0n) is 19.3. The van der Waals surface area contributed by atoms with Gasteiger partial charge in [-0.15, -0.1) is 0 Å². The molecule has 2 N–H and O–H groups in total. The maximum atomic E-state index is 12.9. The Hall–Kier alpha value is -2.08. The van der Waals surface area contributed by atoms with Gasteiger partial charge in [-0.05, 0) is 72.9 Å². The fraction of sp³-hybridized carbons (Fsp3) is 0.481. The van der Waals surface area contributed by atoms with E-state index >= 15 is 0 Å². The molecule has 5 nitrogen and oxygen atoms in total. The molecule has 0 aromatic heterocycles. The molecule has 34 heavy (non-hydrogen) atoms. The van der Waals surface area contributed by atoms with Crippen LogP contribution in [0.2, 0.25) is 10.0 Å². The lowest BCUT2D eigenvalue weighted by atomic mass is 9.73. The van der Waals surface area contributed by atoms with E-state index < -0.39 is 11.9 Å². The fourth-order valence-corrected chi connectivity index (χ4v) is 5.27. The van der Waals surface area contributed by atoms with Crippen molar-refractivity contribution in [2.24, 2.45) is 17.8 Å². The molecule has 1 aliphatic heterocycles. The first kappa shape index (κ1) is 25.0. The smallest absolute Gasteiger partial charge is 0.304 e. The van der Waals surface area contributed by atoms with E-state index in [1.807, 2.05) is 48.5 Å². The Labute approximate surface area is 210 Å². The Morgan fingerprint density at radius 2 is 1.88 bits per heavy atom. The monoisotopic (exact) mass is 503 g/mol. The normalized spacial score (nSPS) is 24.3. The number of rotatable bonds is 10. The minimum atomic E-state index is -0.965. The summed E-state index contributed by atoms with van der Waals surface area (Å²) in [6.45, 7) is 2.86. The molecule has 5 unspecified atom stereocenters. The number of carboxylic acids is 1. The predicted molar refractivity (Wildman–Crippen MR) is 133 cm³/mol. The van der Waals surface area contributed by atoms with Gasteiger partial charge in [0.25, 0.3) is 0 Å². The number of piperidine rings is 1. The van der Waals surface area contributed by atoms with Crippen LogP contribution in [0.5, 0.6) is 0 Å². The second-order valence-electron chi connectivity index (χ2n) is 9.76. The summed E-state index contributed by atoms with van der Waals surface area (Å²) in [5, 5.41) is 13.8. The second-order valence-corrected chi connectivity index (χ2v) is 10.6. The number of benzene rings is 2. The van der Waals surface area contributed by atoms with E-state index in [0.29, 0.717) is 22.4 Å². The van der Waals surface area contributed by atoms with Crippen molar-refractivity contribution in [3.63, 3.8) is 0 Å². The molecular formula is C27H31Cl2NO4. The highest BCUT2D eigenvalue weighted by Gasteiger charge is 2.40. The Balaban J connectivity index is 1.56. The van der Waals surface area contributed by atoms with Crippen molar-refractivity contribution in [3.05, 3.63) is 69.7 Å². The summed E-state index contributed by atoms with van der Waals surface area (Å²) in [6, 6.07) is 15.3. The van der Waals surface area contributed by atoms with E-state index in [9.17, 15) is 14.7 Å². The first-order valence-electron chi connectivity index (χ1n) is 11.9. The van der Waals surface area contributed by atoms with Crippen LogP contribution in [-0.4, -0.2) is 29.6 Å². The lowest BCUT2D eigenvalue weighted by Gasteiger charge is -2.40. The number of carbonyl (C=O) groups excluding carboxylic acids is 1. The van der Waals surface area contributed by atoms with E-state index in [-0.39, 0.29) is 36.3 Å². The molecule has 0 spiro atoms. The summed E-state index contributed by atoms with van der Waals surface area (Å²) in [5.41, 5.74) is 2.09. The van der Waals surface area contributed by atoms with Crippen LogP contribution in [0.3, 0.4) is 0 Å². The number of carbonyl (C=O) groups is 2. The Morgan fingerprint density at radius 3 is 2.53 bits per heavy atom. The molecule has 1 amide bonds. The molecule has 5 atom stereocenters. The molecule has 1 saturated carbocycles. The number of ether oxygens (including phenoxy) is 1. The molecule has 1 aliphatic carbocycles. The van der Waals surface area contributed by atoms with Crippen LogP contribution >= 0.6 is 23.2 Å². The third kappa shape index (κ3) is 6.53. The number of carboxylic acid groups (broad SMARTS) is 1. The van der Waals surface area contributed by atoms with Gasteiger partial charge in [-0.2, -0.15) is 0 Å². The summed E-state index contributed by atoms with van der Waals surface area (Å²) >= 11 is 12.4. The molecule has 1 heterocycles. The SMILES string of the molecule is CC(CC(OCC1CC1)c1ccc(Cl)cc1)C1NC(=O)C(CC(=O)O)CC1c1cccc(Cl)c1. The van der Waals surface area contributed by atoms with Gasteiger partial charge in [0.2, 0.25) is 5.91 Å². The summed E-state index contributed by atoms with van der Waals surface area (Å²) in [5.74, 6) is -1.05. The minimum Gasteiger partial charge on any atom is -0.481 e. The molecule has 2 fully saturated rings. The van der Waals surface area contributed by atoms with Crippen molar-refractivity contribution in [3.8, 4) is 0 Å². The Kier molecular flexibility index (Phi) is 8.18. The fourth-order valence-electron chi connectivity index (χ4n) is 4.95. The largest absolute Gasteiger partial charge is 0.481 e. The zero-order chi connectivity index (χ0) is 24.2. The highest BCUT2D eigenvalue weighted by atomic mass is 35.5. The highest BCUT2D eigenvalue weighted by Crippen LogP contribution is 2.40. The first-order valence-corrected chi connectivity index (χ1v) is 12.7. The standard InChI is InChI=1S/C27H31Cl2NO4/c1-16(11-24(34-15-17-5-6-17)18-7-9-21(28)10-8-18)26-23(19-3-2-4-22(29)12-19)13-20(14-25(31)32)27(33)30-26/h2-4,7-10,12,16-17,20,23-24,26H,5-6,11,13-15H2,1H3,(H,30,33)(H,31,32). The van der Waals surface area contributed by atoms with E-state index in [2.05, 4.69) is 12.2 Å². The van der Waals surface area contributed by atoms with Gasteiger partial charge in [-0.25, -0.2) is 0 Å². The number of halogens is 2. The van der Waals surface area contributed by atoms with Crippen molar-refractivity contribution < 1.29 is 19.4 Å². The molecule has 0 bridgehead atoms. The Bertz CT molecular complexity index is 1010. The van der Waals surface area contributed by atoms with Gasteiger partial charge in [0.1, 0.15) is 0 Å². The molecular weight excluding hydrogens is 473 g/mol. The summed E-state index contributed by atoms with van der Waals surface area (Å²) in [4.78, 5) is 24.2. The molecule has 1 saturated heterocycles. The molecule has 2 aliphatic rings. The van der Waals surface area contributed by atoms with Crippen LogP contribution in [0, 0.1) is 17.8 Å². The van der Waals surface area contributed by atoms with E-state index in [1.165, 1.54) is 12.8 Å².